The van der Waals surface area contributed by atoms with Gasteiger partial charge in [-0.2, -0.15) is 13.2 Å². The smallest absolute Gasteiger partial charge is 0.391 e. The minimum atomic E-state index is -4.80. The molecule has 0 bridgehead atoms. The van der Waals surface area contributed by atoms with E-state index in [1.54, 1.807) is 19.2 Å². The maximum Gasteiger partial charge on any atom is 0.391 e. The lowest BCUT2D eigenvalue weighted by molar-refractivity contribution is -0.384. The van der Waals surface area contributed by atoms with Crippen LogP contribution < -0.4 is 5.32 Å². The number of alkyl halides is 3. The van der Waals surface area contributed by atoms with Crippen LogP contribution in [0.1, 0.15) is 30.6 Å². The Morgan fingerprint density at radius 3 is 2.40 bits per heavy atom. The van der Waals surface area contributed by atoms with Crippen molar-refractivity contribution in [3.05, 3.63) is 33.9 Å². The second-order valence-corrected chi connectivity index (χ2v) is 6.91. The van der Waals surface area contributed by atoms with Crippen molar-refractivity contribution < 1.29 is 32.8 Å². The number of nitro groups is 1. The van der Waals surface area contributed by atoms with Gasteiger partial charge >= 0.3 is 12.1 Å². The fourth-order valence-corrected chi connectivity index (χ4v) is 2.77. The number of benzene rings is 1. The topological polar surface area (TPSA) is 110 Å². The average Bonchev–Trinajstić information content (AvgIpc) is 2.44. The van der Waals surface area contributed by atoms with E-state index in [4.69, 9.17) is 5.11 Å². The molecule has 0 heterocycles. The van der Waals surface area contributed by atoms with Gasteiger partial charge in [0.15, 0.2) is 0 Å². The van der Waals surface area contributed by atoms with Crippen molar-refractivity contribution in [3.8, 4) is 0 Å². The molecule has 1 atom stereocenters. The third kappa shape index (κ3) is 6.61. The predicted octanol–water partition coefficient (Wildman–Crippen LogP) is 3.23. The Morgan fingerprint density at radius 1 is 1.36 bits per heavy atom. The second-order valence-electron chi connectivity index (χ2n) is 5.29. The van der Waals surface area contributed by atoms with Crippen molar-refractivity contribution in [2.24, 2.45) is 0 Å². The molecule has 1 unspecified atom stereocenters. The van der Waals surface area contributed by atoms with Crippen LogP contribution in [0.15, 0.2) is 23.1 Å². The zero-order chi connectivity index (χ0) is 19.4. The van der Waals surface area contributed by atoms with E-state index in [2.05, 4.69) is 0 Å². The fourth-order valence-electron chi connectivity index (χ4n) is 1.83. The summed E-state index contributed by atoms with van der Waals surface area (Å²) in [5, 5.41) is 21.5. The average molecular weight is 380 g/mol. The first-order valence-corrected chi connectivity index (χ1v) is 7.84. The molecule has 0 fully saturated rings. The summed E-state index contributed by atoms with van der Waals surface area (Å²) in [6, 6.07) is 1.18. The van der Waals surface area contributed by atoms with E-state index in [1.165, 1.54) is 17.8 Å². The van der Waals surface area contributed by atoms with Gasteiger partial charge in [0.2, 0.25) is 0 Å². The van der Waals surface area contributed by atoms with Gasteiger partial charge < -0.3 is 10.4 Å². The molecule has 1 aromatic carbocycles. The lowest BCUT2D eigenvalue weighted by Crippen LogP contribution is -2.43. The van der Waals surface area contributed by atoms with E-state index in [9.17, 15) is 32.9 Å². The molecule has 0 aromatic heterocycles. The van der Waals surface area contributed by atoms with Gasteiger partial charge in [0.25, 0.3) is 11.6 Å². The van der Waals surface area contributed by atoms with Gasteiger partial charge in [0, 0.05) is 22.3 Å². The summed E-state index contributed by atoms with van der Waals surface area (Å²) >= 11 is 1.17. The molecule has 11 heteroatoms. The van der Waals surface area contributed by atoms with Crippen LogP contribution in [-0.4, -0.2) is 39.4 Å². The SMILES string of the molecule is CC(C)Sc1ccc([N+](=O)[O-])cc1C(=O)NC(CC(F)(F)F)C(=O)O. The van der Waals surface area contributed by atoms with Gasteiger partial charge in [-0.25, -0.2) is 4.79 Å². The summed E-state index contributed by atoms with van der Waals surface area (Å²) in [4.78, 5) is 33.6. The summed E-state index contributed by atoms with van der Waals surface area (Å²) < 4.78 is 37.3. The van der Waals surface area contributed by atoms with E-state index >= 15 is 0 Å². The number of thioether (sulfide) groups is 1. The van der Waals surface area contributed by atoms with Gasteiger partial charge in [-0.15, -0.1) is 11.8 Å². The largest absolute Gasteiger partial charge is 0.480 e. The standard InChI is InChI=1S/C14H15F3N2O5S/c1-7(2)25-11-4-3-8(19(23)24)5-9(11)12(20)18-10(13(21)22)6-14(15,16)17/h3-5,7,10H,6H2,1-2H3,(H,18,20)(H,21,22). The number of aliphatic carboxylic acids is 1. The Morgan fingerprint density at radius 2 is 1.96 bits per heavy atom. The zero-order valence-corrected chi connectivity index (χ0v) is 14.0. The number of nitro benzene ring substituents is 1. The molecule has 7 nitrogen and oxygen atoms in total. The number of carbonyl (C=O) groups excluding carboxylic acids is 1. The molecule has 1 aromatic rings. The van der Waals surface area contributed by atoms with Crippen LogP contribution in [0.5, 0.6) is 0 Å². The van der Waals surface area contributed by atoms with Crippen LogP contribution >= 0.6 is 11.8 Å². The van der Waals surface area contributed by atoms with Crippen molar-refractivity contribution in [2.75, 3.05) is 0 Å². The molecule has 0 saturated heterocycles. The quantitative estimate of drug-likeness (QED) is 0.427. The Labute approximate surface area is 144 Å². The number of rotatable bonds is 7. The third-order valence-corrected chi connectivity index (χ3v) is 3.90. The normalized spacial score (nSPS) is 12.7. The van der Waals surface area contributed by atoms with Crippen molar-refractivity contribution in [1.82, 2.24) is 5.32 Å². The summed E-state index contributed by atoms with van der Waals surface area (Å²) in [5.41, 5.74) is -0.678. The first kappa shape index (κ1) is 20.7. The van der Waals surface area contributed by atoms with Gasteiger partial charge in [0.05, 0.1) is 16.9 Å². The first-order chi connectivity index (χ1) is 11.4. The molecular formula is C14H15F3N2O5S. The van der Waals surface area contributed by atoms with Crippen LogP contribution in [-0.2, 0) is 4.79 Å². The van der Waals surface area contributed by atoms with Crippen LogP contribution in [0.25, 0.3) is 0 Å². The molecule has 0 radical (unpaired) electrons. The second kappa shape index (κ2) is 8.19. The van der Waals surface area contributed by atoms with Crippen molar-refractivity contribution in [3.63, 3.8) is 0 Å². The lowest BCUT2D eigenvalue weighted by atomic mass is 10.1. The van der Waals surface area contributed by atoms with E-state index in [0.717, 1.165) is 12.1 Å². The zero-order valence-electron chi connectivity index (χ0n) is 13.2. The Hall–Kier alpha value is -2.30. The van der Waals surface area contributed by atoms with Crippen LogP contribution in [0, 0.1) is 10.1 Å². The van der Waals surface area contributed by atoms with Gasteiger partial charge in [-0.1, -0.05) is 13.8 Å². The molecule has 0 aliphatic carbocycles. The fraction of sp³-hybridized carbons (Fsp3) is 0.429. The van der Waals surface area contributed by atoms with Crippen molar-refractivity contribution in [2.45, 2.75) is 42.6 Å². The van der Waals surface area contributed by atoms with Crippen LogP contribution in [0.3, 0.4) is 0 Å². The minimum absolute atomic E-state index is 0.0153. The number of carbonyl (C=O) groups is 2. The summed E-state index contributed by atoms with van der Waals surface area (Å²) in [7, 11) is 0. The first-order valence-electron chi connectivity index (χ1n) is 6.96. The monoisotopic (exact) mass is 380 g/mol. The molecule has 2 N–H and O–H groups in total. The summed E-state index contributed by atoms with van der Waals surface area (Å²) in [6.07, 6.45) is -6.55. The highest BCUT2D eigenvalue weighted by Gasteiger charge is 2.36. The summed E-state index contributed by atoms with van der Waals surface area (Å²) in [5.74, 6) is -2.97. The maximum absolute atomic E-state index is 12.4. The molecule has 0 aliphatic heterocycles. The molecule has 138 valence electrons. The Bertz CT molecular complexity index is 679. The highest BCUT2D eigenvalue weighted by atomic mass is 32.2. The third-order valence-electron chi connectivity index (χ3n) is 2.82. The number of halogens is 3. The van der Waals surface area contributed by atoms with E-state index in [0.29, 0.717) is 4.90 Å². The molecule has 1 rings (SSSR count). The maximum atomic E-state index is 12.4. The number of nitrogens with zero attached hydrogens (tertiary/aromatic N) is 1. The Balaban J connectivity index is 3.17. The molecular weight excluding hydrogens is 365 g/mol. The van der Waals surface area contributed by atoms with Crippen molar-refractivity contribution >= 4 is 29.3 Å². The number of amides is 1. The minimum Gasteiger partial charge on any atom is -0.480 e. The number of carboxylic acid groups (broad SMARTS) is 1. The highest BCUT2D eigenvalue weighted by molar-refractivity contribution is 8.00. The predicted molar refractivity (Wildman–Crippen MR) is 83.7 cm³/mol. The molecule has 0 aliphatic rings. The van der Waals surface area contributed by atoms with E-state index in [1.807, 2.05) is 0 Å². The van der Waals surface area contributed by atoms with Crippen molar-refractivity contribution in [1.29, 1.82) is 0 Å². The van der Waals surface area contributed by atoms with E-state index < -0.39 is 41.1 Å². The Kier molecular flexibility index (Phi) is 6.79. The molecule has 1 amide bonds. The number of hydrogen-bond acceptors (Lipinski definition) is 5. The number of nitrogens with one attached hydrogen (secondary N) is 1. The van der Waals surface area contributed by atoms with Gasteiger partial charge in [0.1, 0.15) is 6.04 Å². The highest BCUT2D eigenvalue weighted by Crippen LogP contribution is 2.30. The number of carboxylic acids is 1. The molecule has 0 spiro atoms. The summed E-state index contributed by atoms with van der Waals surface area (Å²) in [6.45, 7) is 3.58. The molecule has 25 heavy (non-hydrogen) atoms. The number of non-ortho nitro benzene ring substituents is 1. The van der Waals surface area contributed by atoms with Gasteiger partial charge in [-0.05, 0) is 6.07 Å². The van der Waals surface area contributed by atoms with Crippen LogP contribution in [0.2, 0.25) is 0 Å². The van der Waals surface area contributed by atoms with Crippen LogP contribution in [0.4, 0.5) is 18.9 Å². The number of hydrogen-bond donors (Lipinski definition) is 2. The molecule has 0 saturated carbocycles. The lowest BCUT2D eigenvalue weighted by Gasteiger charge is -2.17. The van der Waals surface area contributed by atoms with Gasteiger partial charge in [-0.3, -0.25) is 14.9 Å². The van der Waals surface area contributed by atoms with E-state index in [-0.39, 0.29) is 10.8 Å².